The van der Waals surface area contributed by atoms with Crippen LogP contribution in [0.5, 0.6) is 0 Å². The van der Waals surface area contributed by atoms with Crippen LogP contribution in [0.3, 0.4) is 0 Å². The van der Waals surface area contributed by atoms with Gasteiger partial charge in [0.05, 0.1) is 4.99 Å². The molecule has 2 nitrogen and oxygen atoms in total. The second-order valence-corrected chi connectivity index (χ2v) is 4.87. The zero-order valence-electron chi connectivity index (χ0n) is 9.04. The number of nitrogens with zero attached hydrogens (tertiary/aromatic N) is 1. The Morgan fingerprint density at radius 1 is 1.44 bits per heavy atom. The van der Waals surface area contributed by atoms with Gasteiger partial charge < -0.3 is 5.73 Å². The van der Waals surface area contributed by atoms with Gasteiger partial charge in [0.2, 0.25) is 0 Å². The first-order valence-corrected chi connectivity index (χ1v) is 6.14. The molecule has 0 aromatic heterocycles. The highest BCUT2D eigenvalue weighted by molar-refractivity contribution is 7.80. The first-order valence-electron chi connectivity index (χ1n) is 4.97. The molecule has 1 rings (SSSR count). The summed E-state index contributed by atoms with van der Waals surface area (Å²) in [6, 6.07) is 5.50. The SMILES string of the molecule is CCN(CC(N)=S)Cc1ccc(Cl)cc1Cl. The second kappa shape index (κ2) is 6.40. The van der Waals surface area contributed by atoms with Gasteiger partial charge in [-0.15, -0.1) is 0 Å². The number of halogens is 2. The van der Waals surface area contributed by atoms with Crippen molar-refractivity contribution in [1.29, 1.82) is 0 Å². The van der Waals surface area contributed by atoms with E-state index in [4.69, 9.17) is 41.2 Å². The molecule has 16 heavy (non-hydrogen) atoms. The minimum absolute atomic E-state index is 0.493. The van der Waals surface area contributed by atoms with Crippen LogP contribution in [-0.4, -0.2) is 23.0 Å². The largest absolute Gasteiger partial charge is 0.392 e. The van der Waals surface area contributed by atoms with Crippen molar-refractivity contribution in [2.24, 2.45) is 5.73 Å². The van der Waals surface area contributed by atoms with Crippen molar-refractivity contribution < 1.29 is 0 Å². The van der Waals surface area contributed by atoms with Crippen LogP contribution in [0.2, 0.25) is 10.0 Å². The van der Waals surface area contributed by atoms with Crippen LogP contribution in [0.1, 0.15) is 12.5 Å². The number of nitrogens with two attached hydrogens (primary N) is 1. The lowest BCUT2D eigenvalue weighted by atomic mass is 10.2. The van der Waals surface area contributed by atoms with Gasteiger partial charge in [0.1, 0.15) is 0 Å². The molecule has 0 fully saturated rings. The molecule has 2 N–H and O–H groups in total. The van der Waals surface area contributed by atoms with Crippen molar-refractivity contribution in [3.8, 4) is 0 Å². The summed E-state index contributed by atoms with van der Waals surface area (Å²) in [7, 11) is 0. The maximum atomic E-state index is 6.09. The quantitative estimate of drug-likeness (QED) is 0.838. The summed E-state index contributed by atoms with van der Waals surface area (Å²) in [4.78, 5) is 2.62. The molecule has 0 radical (unpaired) electrons. The predicted octanol–water partition coefficient (Wildman–Crippen LogP) is 3.10. The summed E-state index contributed by atoms with van der Waals surface area (Å²) in [6.07, 6.45) is 0. The molecular weight excluding hydrogens is 263 g/mol. The Morgan fingerprint density at radius 3 is 2.62 bits per heavy atom. The van der Waals surface area contributed by atoms with Crippen LogP contribution < -0.4 is 5.73 Å². The third-order valence-electron chi connectivity index (χ3n) is 2.24. The molecule has 1 aromatic rings. The molecule has 0 amide bonds. The second-order valence-electron chi connectivity index (χ2n) is 3.51. The molecule has 0 unspecified atom stereocenters. The molecule has 0 spiro atoms. The third-order valence-corrected chi connectivity index (χ3v) is 2.95. The van der Waals surface area contributed by atoms with Crippen molar-refractivity contribution in [3.05, 3.63) is 33.8 Å². The van der Waals surface area contributed by atoms with E-state index in [1.807, 2.05) is 12.1 Å². The van der Waals surface area contributed by atoms with Crippen molar-refractivity contribution >= 4 is 40.4 Å². The molecule has 0 atom stereocenters. The zero-order chi connectivity index (χ0) is 12.1. The Morgan fingerprint density at radius 2 is 2.12 bits per heavy atom. The fourth-order valence-electron chi connectivity index (χ4n) is 1.39. The van der Waals surface area contributed by atoms with Crippen LogP contribution in [0.25, 0.3) is 0 Å². The minimum Gasteiger partial charge on any atom is -0.392 e. The van der Waals surface area contributed by atoms with E-state index in [1.165, 1.54) is 0 Å². The Hall–Kier alpha value is -0.350. The monoisotopic (exact) mass is 276 g/mol. The molecule has 1 aromatic carbocycles. The lowest BCUT2D eigenvalue weighted by molar-refractivity contribution is 0.321. The molecule has 0 saturated carbocycles. The van der Waals surface area contributed by atoms with Crippen molar-refractivity contribution in [2.75, 3.05) is 13.1 Å². The van der Waals surface area contributed by atoms with Crippen LogP contribution in [0, 0.1) is 0 Å². The van der Waals surface area contributed by atoms with E-state index in [2.05, 4.69) is 11.8 Å². The van der Waals surface area contributed by atoms with Gasteiger partial charge in [0, 0.05) is 23.1 Å². The first-order chi connectivity index (χ1) is 7.52. The van der Waals surface area contributed by atoms with Gasteiger partial charge in [-0.2, -0.15) is 0 Å². The molecule has 88 valence electrons. The minimum atomic E-state index is 0.493. The molecule has 0 aliphatic carbocycles. The molecule has 0 bridgehead atoms. The standard InChI is InChI=1S/C11H14Cl2N2S/c1-2-15(7-11(14)16)6-8-3-4-9(12)5-10(8)13/h3-5H,2,6-7H2,1H3,(H2,14,16). The number of hydrogen-bond acceptors (Lipinski definition) is 2. The molecule has 0 aliphatic heterocycles. The first kappa shape index (κ1) is 13.7. The Kier molecular flexibility index (Phi) is 5.49. The van der Waals surface area contributed by atoms with Crippen molar-refractivity contribution in [1.82, 2.24) is 4.90 Å². The highest BCUT2D eigenvalue weighted by Crippen LogP contribution is 2.22. The maximum absolute atomic E-state index is 6.09. The van der Waals surface area contributed by atoms with E-state index in [9.17, 15) is 0 Å². The topological polar surface area (TPSA) is 29.3 Å². The van der Waals surface area contributed by atoms with Gasteiger partial charge >= 0.3 is 0 Å². The summed E-state index contributed by atoms with van der Waals surface area (Å²) in [5.41, 5.74) is 6.55. The highest BCUT2D eigenvalue weighted by Gasteiger charge is 2.08. The number of thiocarbonyl (C=S) groups is 1. The normalized spacial score (nSPS) is 10.8. The molecule has 0 aliphatic rings. The Labute approximate surface area is 111 Å². The molecule has 0 saturated heterocycles. The van der Waals surface area contributed by atoms with E-state index in [1.54, 1.807) is 6.07 Å². The molecular formula is C11H14Cl2N2S. The van der Waals surface area contributed by atoms with E-state index in [0.29, 0.717) is 21.6 Å². The van der Waals surface area contributed by atoms with E-state index in [-0.39, 0.29) is 0 Å². The summed E-state index contributed by atoms with van der Waals surface area (Å²) < 4.78 is 0. The zero-order valence-corrected chi connectivity index (χ0v) is 11.4. The average molecular weight is 277 g/mol. The Balaban J connectivity index is 2.73. The summed E-state index contributed by atoms with van der Waals surface area (Å²) >= 11 is 16.8. The lowest BCUT2D eigenvalue weighted by Crippen LogP contribution is -2.32. The fourth-order valence-corrected chi connectivity index (χ4v) is 2.04. The number of hydrogen-bond donors (Lipinski definition) is 1. The van der Waals surface area contributed by atoms with Gasteiger partial charge in [-0.1, -0.05) is 48.4 Å². The molecule has 5 heteroatoms. The fraction of sp³-hybridized carbons (Fsp3) is 0.364. The van der Waals surface area contributed by atoms with E-state index in [0.717, 1.165) is 18.7 Å². The third kappa shape index (κ3) is 4.26. The van der Waals surface area contributed by atoms with Crippen LogP contribution in [-0.2, 0) is 6.54 Å². The summed E-state index contributed by atoms with van der Waals surface area (Å²) in [5, 5.41) is 1.32. The predicted molar refractivity (Wildman–Crippen MR) is 74.2 cm³/mol. The van der Waals surface area contributed by atoms with Gasteiger partial charge in [-0.25, -0.2) is 0 Å². The number of benzene rings is 1. The number of likely N-dealkylation sites (N-methyl/N-ethyl adjacent to an activating group) is 1. The van der Waals surface area contributed by atoms with Gasteiger partial charge in [-0.05, 0) is 24.2 Å². The number of rotatable bonds is 5. The lowest BCUT2D eigenvalue weighted by Gasteiger charge is -2.20. The van der Waals surface area contributed by atoms with Crippen molar-refractivity contribution in [3.63, 3.8) is 0 Å². The van der Waals surface area contributed by atoms with Crippen LogP contribution in [0.4, 0.5) is 0 Å². The van der Waals surface area contributed by atoms with Crippen LogP contribution in [0.15, 0.2) is 18.2 Å². The van der Waals surface area contributed by atoms with Gasteiger partial charge in [0.15, 0.2) is 0 Å². The molecule has 0 heterocycles. The summed E-state index contributed by atoms with van der Waals surface area (Å²) in [6.45, 7) is 4.26. The smallest absolute Gasteiger partial charge is 0.0870 e. The maximum Gasteiger partial charge on any atom is 0.0870 e. The van der Waals surface area contributed by atoms with E-state index >= 15 is 0 Å². The summed E-state index contributed by atoms with van der Waals surface area (Å²) in [5.74, 6) is 0. The van der Waals surface area contributed by atoms with Gasteiger partial charge in [-0.3, -0.25) is 4.90 Å². The Bertz CT molecular complexity index is 382. The van der Waals surface area contributed by atoms with Crippen LogP contribution >= 0.6 is 35.4 Å². The van der Waals surface area contributed by atoms with E-state index < -0.39 is 0 Å². The highest BCUT2D eigenvalue weighted by atomic mass is 35.5. The van der Waals surface area contributed by atoms with Crippen molar-refractivity contribution in [2.45, 2.75) is 13.5 Å². The van der Waals surface area contributed by atoms with Gasteiger partial charge in [0.25, 0.3) is 0 Å². The average Bonchev–Trinajstić information content (AvgIpc) is 2.20.